The third-order valence-electron chi connectivity index (χ3n) is 5.27. The molecular weight excluding hydrogens is 314 g/mol. The maximum Gasteiger partial charge on any atom is 0.251 e. The van der Waals surface area contributed by atoms with Gasteiger partial charge in [-0.25, -0.2) is 0 Å². The predicted molar refractivity (Wildman–Crippen MR) is 97.6 cm³/mol. The molecule has 1 amide bonds. The number of rotatable bonds is 4. The highest BCUT2D eigenvalue weighted by Gasteiger charge is 2.24. The van der Waals surface area contributed by atoms with Crippen LogP contribution in [0.15, 0.2) is 36.5 Å². The molecule has 0 spiro atoms. The van der Waals surface area contributed by atoms with Crippen molar-refractivity contribution in [3.05, 3.63) is 42.1 Å². The number of likely N-dealkylation sites (tertiary alicyclic amines) is 1. The molecule has 0 saturated carbocycles. The van der Waals surface area contributed by atoms with E-state index in [0.29, 0.717) is 11.7 Å². The van der Waals surface area contributed by atoms with E-state index in [0.717, 1.165) is 50.0 Å². The average Bonchev–Trinajstić information content (AvgIpc) is 3.16. The predicted octanol–water partition coefficient (Wildman–Crippen LogP) is 2.61. The fraction of sp³-hybridized carbons (Fsp3) is 0.500. The van der Waals surface area contributed by atoms with Gasteiger partial charge in [-0.05, 0) is 49.9 Å². The highest BCUT2D eigenvalue weighted by atomic mass is 16.5. The standard InChI is InChI=1S/C20H25N3O2/c24-20(16-5-6-19-15(13-16)3-1-9-21-19)22-17-7-10-23(11-8-17)14-18-4-2-12-25-18/h1,3,5-6,9,13,17-18H,2,4,7-8,10-12,14H2,(H,22,24). The van der Waals surface area contributed by atoms with Gasteiger partial charge in [0.2, 0.25) is 0 Å². The summed E-state index contributed by atoms with van der Waals surface area (Å²) in [5.41, 5.74) is 1.63. The molecule has 4 rings (SSSR count). The van der Waals surface area contributed by atoms with Crippen LogP contribution in [-0.4, -0.2) is 54.2 Å². The van der Waals surface area contributed by atoms with Crippen LogP contribution in [0.2, 0.25) is 0 Å². The molecule has 25 heavy (non-hydrogen) atoms. The Kier molecular flexibility index (Phi) is 4.95. The van der Waals surface area contributed by atoms with Crippen molar-refractivity contribution >= 4 is 16.8 Å². The van der Waals surface area contributed by atoms with Crippen molar-refractivity contribution < 1.29 is 9.53 Å². The van der Waals surface area contributed by atoms with Crippen LogP contribution in [0.4, 0.5) is 0 Å². The lowest BCUT2D eigenvalue weighted by molar-refractivity contribution is 0.0613. The van der Waals surface area contributed by atoms with Crippen molar-refractivity contribution in [1.82, 2.24) is 15.2 Å². The van der Waals surface area contributed by atoms with E-state index in [4.69, 9.17) is 4.74 Å². The number of nitrogens with zero attached hydrogens (tertiary/aromatic N) is 2. The van der Waals surface area contributed by atoms with Crippen molar-refractivity contribution in [2.24, 2.45) is 0 Å². The second-order valence-electron chi connectivity index (χ2n) is 7.09. The third-order valence-corrected chi connectivity index (χ3v) is 5.27. The number of pyridine rings is 1. The van der Waals surface area contributed by atoms with Gasteiger partial charge >= 0.3 is 0 Å². The SMILES string of the molecule is O=C(NC1CCN(CC2CCCO2)CC1)c1ccc2ncccc2c1. The molecule has 5 heteroatoms. The molecule has 132 valence electrons. The van der Waals surface area contributed by atoms with Gasteiger partial charge in [-0.2, -0.15) is 0 Å². The summed E-state index contributed by atoms with van der Waals surface area (Å²) in [4.78, 5) is 19.3. The number of piperidine rings is 1. The molecule has 1 N–H and O–H groups in total. The number of benzene rings is 1. The zero-order chi connectivity index (χ0) is 17.1. The number of fused-ring (bicyclic) bond motifs is 1. The molecule has 1 unspecified atom stereocenters. The van der Waals surface area contributed by atoms with Crippen LogP contribution in [0.1, 0.15) is 36.0 Å². The highest BCUT2D eigenvalue weighted by Crippen LogP contribution is 2.18. The van der Waals surface area contributed by atoms with E-state index in [1.807, 2.05) is 30.3 Å². The number of hydrogen-bond donors (Lipinski definition) is 1. The van der Waals surface area contributed by atoms with Crippen LogP contribution in [0.25, 0.3) is 10.9 Å². The quantitative estimate of drug-likeness (QED) is 0.930. The van der Waals surface area contributed by atoms with Gasteiger partial charge in [-0.15, -0.1) is 0 Å². The first-order valence-corrected chi connectivity index (χ1v) is 9.27. The number of hydrogen-bond acceptors (Lipinski definition) is 4. The van der Waals surface area contributed by atoms with Crippen LogP contribution < -0.4 is 5.32 Å². The number of carbonyl (C=O) groups excluding carboxylic acids is 1. The van der Waals surface area contributed by atoms with Crippen LogP contribution in [0.5, 0.6) is 0 Å². The first-order chi connectivity index (χ1) is 12.3. The van der Waals surface area contributed by atoms with Crippen molar-refractivity contribution in [1.29, 1.82) is 0 Å². The average molecular weight is 339 g/mol. The van der Waals surface area contributed by atoms with E-state index >= 15 is 0 Å². The Morgan fingerprint density at radius 2 is 2.12 bits per heavy atom. The molecule has 5 nitrogen and oxygen atoms in total. The van der Waals surface area contributed by atoms with Crippen molar-refractivity contribution in [2.45, 2.75) is 37.8 Å². The second kappa shape index (κ2) is 7.50. The lowest BCUT2D eigenvalue weighted by atomic mass is 10.0. The van der Waals surface area contributed by atoms with E-state index in [1.54, 1.807) is 6.20 Å². The molecule has 0 bridgehead atoms. The summed E-state index contributed by atoms with van der Waals surface area (Å²) in [5, 5.41) is 4.20. The normalized spacial score (nSPS) is 22.3. The minimum atomic E-state index is 0.0170. The fourth-order valence-corrected chi connectivity index (χ4v) is 3.82. The topological polar surface area (TPSA) is 54.5 Å². The lowest BCUT2D eigenvalue weighted by Crippen LogP contribution is -2.46. The molecule has 1 aromatic heterocycles. The molecule has 3 heterocycles. The molecule has 0 radical (unpaired) electrons. The summed E-state index contributed by atoms with van der Waals surface area (Å²) in [6.45, 7) is 4.02. The first-order valence-electron chi connectivity index (χ1n) is 9.27. The number of nitrogens with one attached hydrogen (secondary N) is 1. The van der Waals surface area contributed by atoms with Crippen LogP contribution in [0.3, 0.4) is 0 Å². The first kappa shape index (κ1) is 16.5. The third kappa shape index (κ3) is 3.99. The molecule has 2 aromatic rings. The molecular formula is C20H25N3O2. The second-order valence-corrected chi connectivity index (χ2v) is 7.09. The number of aromatic nitrogens is 1. The van der Waals surface area contributed by atoms with Gasteiger partial charge in [-0.1, -0.05) is 6.07 Å². The van der Waals surface area contributed by atoms with E-state index < -0.39 is 0 Å². The van der Waals surface area contributed by atoms with E-state index in [9.17, 15) is 4.79 Å². The Bertz CT molecular complexity index is 735. The summed E-state index contributed by atoms with van der Waals surface area (Å²) >= 11 is 0. The smallest absolute Gasteiger partial charge is 0.251 e. The molecule has 1 aromatic carbocycles. The largest absolute Gasteiger partial charge is 0.377 e. The Labute approximate surface area is 148 Å². The minimum Gasteiger partial charge on any atom is -0.377 e. The van der Waals surface area contributed by atoms with Gasteiger partial charge in [-0.3, -0.25) is 9.78 Å². The zero-order valence-electron chi connectivity index (χ0n) is 14.5. The Morgan fingerprint density at radius 1 is 1.24 bits per heavy atom. The summed E-state index contributed by atoms with van der Waals surface area (Å²) in [5.74, 6) is 0.0170. The fourth-order valence-electron chi connectivity index (χ4n) is 3.82. The molecule has 2 aliphatic rings. The Balaban J connectivity index is 1.30. The number of amides is 1. The van der Waals surface area contributed by atoms with Gasteiger partial charge in [0.05, 0.1) is 11.6 Å². The molecule has 2 saturated heterocycles. The highest BCUT2D eigenvalue weighted by molar-refractivity contribution is 5.98. The monoisotopic (exact) mass is 339 g/mol. The summed E-state index contributed by atoms with van der Waals surface area (Å²) in [6.07, 6.45) is 6.58. The van der Waals surface area contributed by atoms with Gasteiger partial charge < -0.3 is 15.0 Å². The Hall–Kier alpha value is -1.98. The van der Waals surface area contributed by atoms with E-state index in [1.165, 1.54) is 12.8 Å². The molecule has 2 fully saturated rings. The van der Waals surface area contributed by atoms with E-state index in [-0.39, 0.29) is 11.9 Å². The summed E-state index contributed by atoms with van der Waals surface area (Å²) in [6, 6.07) is 9.84. The van der Waals surface area contributed by atoms with Crippen molar-refractivity contribution in [2.75, 3.05) is 26.2 Å². The number of ether oxygens (including phenoxy) is 1. The van der Waals surface area contributed by atoms with Gasteiger partial charge in [0, 0.05) is 49.4 Å². The maximum atomic E-state index is 12.6. The molecule has 2 aliphatic heterocycles. The van der Waals surface area contributed by atoms with Crippen molar-refractivity contribution in [3.63, 3.8) is 0 Å². The van der Waals surface area contributed by atoms with Crippen molar-refractivity contribution in [3.8, 4) is 0 Å². The van der Waals surface area contributed by atoms with Crippen LogP contribution >= 0.6 is 0 Å². The van der Waals surface area contributed by atoms with Gasteiger partial charge in [0.15, 0.2) is 0 Å². The zero-order valence-corrected chi connectivity index (χ0v) is 14.5. The Morgan fingerprint density at radius 3 is 2.92 bits per heavy atom. The molecule has 0 aliphatic carbocycles. The molecule has 1 atom stereocenters. The maximum absolute atomic E-state index is 12.6. The lowest BCUT2D eigenvalue weighted by Gasteiger charge is -2.33. The van der Waals surface area contributed by atoms with Crippen LogP contribution in [0, 0.1) is 0 Å². The summed E-state index contributed by atoms with van der Waals surface area (Å²) < 4.78 is 5.72. The number of carbonyl (C=O) groups is 1. The van der Waals surface area contributed by atoms with Crippen LogP contribution in [-0.2, 0) is 4.74 Å². The van der Waals surface area contributed by atoms with Gasteiger partial charge in [0.25, 0.3) is 5.91 Å². The minimum absolute atomic E-state index is 0.0170. The summed E-state index contributed by atoms with van der Waals surface area (Å²) in [7, 11) is 0. The van der Waals surface area contributed by atoms with Gasteiger partial charge in [0.1, 0.15) is 0 Å². The van der Waals surface area contributed by atoms with E-state index in [2.05, 4.69) is 15.2 Å².